The molecule has 8 heteroatoms. The number of hydrogen-bond acceptors (Lipinski definition) is 7. The van der Waals surface area contributed by atoms with Crippen molar-refractivity contribution in [2.75, 3.05) is 13.2 Å². The molecule has 0 radical (unpaired) electrons. The first-order chi connectivity index (χ1) is 11.5. The number of carbonyl (C=O) groups excluding carboxylic acids is 1. The van der Waals surface area contributed by atoms with Crippen LogP contribution in [0.2, 0.25) is 0 Å². The summed E-state index contributed by atoms with van der Waals surface area (Å²) in [6, 6.07) is 0. The summed E-state index contributed by atoms with van der Waals surface area (Å²) in [4.78, 5) is 17.9. The maximum absolute atomic E-state index is 13.6. The normalized spacial score (nSPS) is 15.1. The third-order valence-corrected chi connectivity index (χ3v) is 5.96. The molecule has 0 aliphatic rings. The molecule has 156 valence electrons. The summed E-state index contributed by atoms with van der Waals surface area (Å²) in [5.41, 5.74) is -1.95. The highest BCUT2D eigenvalue weighted by Crippen LogP contribution is 2.60. The van der Waals surface area contributed by atoms with Crippen molar-refractivity contribution >= 4 is 13.8 Å². The lowest BCUT2D eigenvalue weighted by Gasteiger charge is -2.46. The van der Waals surface area contributed by atoms with Crippen LogP contribution in [0.15, 0.2) is 0 Å². The molecule has 0 N–H and O–H groups in total. The third kappa shape index (κ3) is 7.95. The molecule has 7 nitrogen and oxygen atoms in total. The Labute approximate surface area is 159 Å². The highest BCUT2D eigenvalue weighted by Gasteiger charge is 2.52. The monoisotopic (exact) mass is 395 g/mol. The molecule has 0 rings (SSSR count). The van der Waals surface area contributed by atoms with Gasteiger partial charge in [-0.15, -0.1) is 5.06 Å². The predicted molar refractivity (Wildman–Crippen MR) is 103 cm³/mol. The quantitative estimate of drug-likeness (QED) is 0.316. The lowest BCUT2D eigenvalue weighted by Crippen LogP contribution is -2.54. The predicted octanol–water partition coefficient (Wildman–Crippen LogP) is 5.59. The van der Waals surface area contributed by atoms with Crippen molar-refractivity contribution in [3.8, 4) is 0 Å². The summed E-state index contributed by atoms with van der Waals surface area (Å²) in [7, 11) is -3.62. The second-order valence-electron chi connectivity index (χ2n) is 9.17. The summed E-state index contributed by atoms with van der Waals surface area (Å²) in [6.07, 6.45) is -0.860. The van der Waals surface area contributed by atoms with Gasteiger partial charge in [-0.1, -0.05) is 20.8 Å². The van der Waals surface area contributed by atoms with Crippen LogP contribution in [0.3, 0.4) is 0 Å². The van der Waals surface area contributed by atoms with E-state index in [0.29, 0.717) is 0 Å². The lowest BCUT2D eigenvalue weighted by molar-refractivity contribution is -0.213. The van der Waals surface area contributed by atoms with Crippen molar-refractivity contribution < 1.29 is 28.0 Å². The largest absolute Gasteiger partial charge is 0.528 e. The van der Waals surface area contributed by atoms with Gasteiger partial charge in [0.05, 0.1) is 13.2 Å². The number of rotatable bonds is 7. The fraction of sp³-hybridized carbons (Fsp3) is 0.944. The molecule has 0 aliphatic heterocycles. The first-order valence-electron chi connectivity index (χ1n) is 9.07. The van der Waals surface area contributed by atoms with Gasteiger partial charge in [0.1, 0.15) is 5.60 Å². The third-order valence-electron chi connectivity index (χ3n) is 3.14. The summed E-state index contributed by atoms with van der Waals surface area (Å²) < 4.78 is 30.0. The van der Waals surface area contributed by atoms with Crippen LogP contribution in [0.1, 0.15) is 76.2 Å². The van der Waals surface area contributed by atoms with E-state index >= 15 is 0 Å². The molecular weight excluding hydrogens is 357 g/mol. The van der Waals surface area contributed by atoms with Crippen molar-refractivity contribution in [3.63, 3.8) is 0 Å². The van der Waals surface area contributed by atoms with Gasteiger partial charge in [0.25, 0.3) is 0 Å². The number of ether oxygens (including phenoxy) is 1. The molecule has 1 atom stereocenters. The molecule has 0 saturated heterocycles. The molecule has 0 aromatic rings. The number of carbonyl (C=O) groups is 1. The van der Waals surface area contributed by atoms with Gasteiger partial charge in [-0.2, -0.15) is 0 Å². The molecule has 0 spiro atoms. The Balaban J connectivity index is 6.08. The zero-order chi connectivity index (χ0) is 21.0. The standard InChI is InChI=1S/C18H38NO6P/c1-12-22-26(21,23-13-2)14(16(3,4)5)19(17(6,7)8)25-15(20)24-18(9,10)11/h14H,12-13H2,1-11H3. The molecule has 26 heavy (non-hydrogen) atoms. The molecule has 0 heterocycles. The smallest absolute Gasteiger partial charge is 0.427 e. The molecule has 0 aromatic heterocycles. The van der Waals surface area contributed by atoms with E-state index in [2.05, 4.69) is 0 Å². The van der Waals surface area contributed by atoms with E-state index in [1.807, 2.05) is 41.5 Å². The number of hydroxylamine groups is 2. The maximum Gasteiger partial charge on any atom is 0.528 e. The van der Waals surface area contributed by atoms with Crippen molar-refractivity contribution in [3.05, 3.63) is 0 Å². The minimum absolute atomic E-state index is 0.217. The summed E-state index contributed by atoms with van der Waals surface area (Å²) in [5.74, 6) is -0.817. The number of nitrogens with zero attached hydrogens (tertiary/aromatic N) is 1. The minimum Gasteiger partial charge on any atom is -0.427 e. The van der Waals surface area contributed by atoms with Gasteiger partial charge >= 0.3 is 13.8 Å². The van der Waals surface area contributed by atoms with Crippen LogP contribution in [0.4, 0.5) is 4.79 Å². The summed E-state index contributed by atoms with van der Waals surface area (Å²) in [5, 5.41) is 1.40. The fourth-order valence-electron chi connectivity index (χ4n) is 2.40. The van der Waals surface area contributed by atoms with Gasteiger partial charge in [-0.3, -0.25) is 4.57 Å². The first-order valence-corrected chi connectivity index (χ1v) is 10.7. The van der Waals surface area contributed by atoms with Gasteiger partial charge in [0.2, 0.25) is 0 Å². The number of hydrogen-bond donors (Lipinski definition) is 0. The Morgan fingerprint density at radius 3 is 1.62 bits per heavy atom. The Kier molecular flexibility index (Phi) is 8.83. The van der Waals surface area contributed by atoms with Gasteiger partial charge in [-0.05, 0) is 60.8 Å². The van der Waals surface area contributed by atoms with Crippen LogP contribution in [0.5, 0.6) is 0 Å². The van der Waals surface area contributed by atoms with Gasteiger partial charge in [0.15, 0.2) is 5.78 Å². The van der Waals surface area contributed by atoms with E-state index in [1.165, 1.54) is 5.06 Å². The van der Waals surface area contributed by atoms with Crippen molar-refractivity contribution in [1.29, 1.82) is 0 Å². The fourth-order valence-corrected chi connectivity index (χ4v) is 5.07. The molecule has 0 aromatic carbocycles. The highest BCUT2D eigenvalue weighted by atomic mass is 31.2. The lowest BCUT2D eigenvalue weighted by atomic mass is 9.94. The topological polar surface area (TPSA) is 74.3 Å². The molecular formula is C18H38NO6P. The molecule has 1 unspecified atom stereocenters. The van der Waals surface area contributed by atoms with Crippen LogP contribution in [0, 0.1) is 5.41 Å². The minimum atomic E-state index is -3.62. The van der Waals surface area contributed by atoms with E-state index in [-0.39, 0.29) is 13.2 Å². The zero-order valence-electron chi connectivity index (χ0n) is 18.3. The zero-order valence-corrected chi connectivity index (χ0v) is 19.2. The SMILES string of the molecule is CCOP(=O)(OCC)C(N(OC(=O)OC(C)(C)C)C(C)(C)C)C(C)(C)C. The first kappa shape index (κ1) is 25.4. The van der Waals surface area contributed by atoms with E-state index in [1.54, 1.807) is 34.6 Å². The molecule has 0 fully saturated rings. The molecule has 0 saturated carbocycles. The van der Waals surface area contributed by atoms with Crippen LogP contribution < -0.4 is 0 Å². The maximum atomic E-state index is 13.6. The van der Waals surface area contributed by atoms with Gasteiger partial charge in [0, 0.05) is 5.54 Å². The van der Waals surface area contributed by atoms with Crippen LogP contribution in [0.25, 0.3) is 0 Å². The Morgan fingerprint density at radius 2 is 1.35 bits per heavy atom. The van der Waals surface area contributed by atoms with Gasteiger partial charge < -0.3 is 18.6 Å². The molecule has 0 aliphatic carbocycles. The Bertz CT molecular complexity index is 491. The summed E-state index contributed by atoms with van der Waals surface area (Å²) in [6.45, 7) is 20.5. The van der Waals surface area contributed by atoms with E-state index in [0.717, 1.165) is 0 Å². The van der Waals surface area contributed by atoms with Crippen molar-refractivity contribution in [1.82, 2.24) is 5.06 Å². The second kappa shape index (κ2) is 9.05. The Morgan fingerprint density at radius 1 is 0.923 bits per heavy atom. The second-order valence-corrected chi connectivity index (χ2v) is 11.3. The average molecular weight is 395 g/mol. The summed E-state index contributed by atoms with van der Waals surface area (Å²) >= 11 is 0. The highest BCUT2D eigenvalue weighted by molar-refractivity contribution is 7.54. The van der Waals surface area contributed by atoms with Crippen LogP contribution in [-0.2, 0) is 23.2 Å². The molecule has 0 amide bonds. The van der Waals surface area contributed by atoms with E-state index in [9.17, 15) is 9.36 Å². The van der Waals surface area contributed by atoms with Crippen molar-refractivity contribution in [2.45, 2.75) is 93.1 Å². The van der Waals surface area contributed by atoms with Gasteiger partial charge in [-0.25, -0.2) is 4.79 Å². The van der Waals surface area contributed by atoms with Crippen LogP contribution >= 0.6 is 7.60 Å². The average Bonchev–Trinajstić information content (AvgIpc) is 2.33. The van der Waals surface area contributed by atoms with Crippen molar-refractivity contribution in [2.24, 2.45) is 5.41 Å². The molecule has 0 bridgehead atoms. The Hall–Kier alpha value is -0.620. The van der Waals surface area contributed by atoms with E-state index in [4.69, 9.17) is 18.6 Å². The van der Waals surface area contributed by atoms with E-state index < -0.39 is 36.1 Å². The van der Waals surface area contributed by atoms with Crippen LogP contribution in [-0.4, -0.2) is 41.4 Å².